The molecule has 2 amide bonds. The summed E-state index contributed by atoms with van der Waals surface area (Å²) < 4.78 is 31.8. The minimum Gasteiger partial charge on any atom is -0.494 e. The molecule has 1 aliphatic carbocycles. The number of hydrogen-bond donors (Lipinski definition) is 1. The van der Waals surface area contributed by atoms with Crippen molar-refractivity contribution >= 4 is 27.5 Å². The van der Waals surface area contributed by atoms with Gasteiger partial charge in [-0.3, -0.25) is 13.9 Å². The Morgan fingerprint density at radius 1 is 1.11 bits per heavy atom. The first-order chi connectivity index (χ1) is 18.1. The highest BCUT2D eigenvalue weighted by molar-refractivity contribution is 7.92. The monoisotopic (exact) mass is 543 g/mol. The zero-order chi connectivity index (χ0) is 27.7. The van der Waals surface area contributed by atoms with Crippen LogP contribution >= 0.6 is 0 Å². The molecule has 1 aliphatic rings. The van der Waals surface area contributed by atoms with Crippen molar-refractivity contribution in [2.45, 2.75) is 77.9 Å². The largest absolute Gasteiger partial charge is 0.494 e. The number of nitrogens with one attached hydrogen (secondary N) is 1. The van der Waals surface area contributed by atoms with E-state index in [1.807, 2.05) is 38.1 Å². The van der Waals surface area contributed by atoms with Crippen molar-refractivity contribution in [2.75, 3.05) is 23.7 Å². The first-order valence-electron chi connectivity index (χ1n) is 13.4. The molecule has 1 atom stereocenters. The van der Waals surface area contributed by atoms with Crippen LogP contribution in [0.3, 0.4) is 0 Å². The van der Waals surface area contributed by atoms with Crippen LogP contribution in [-0.4, -0.2) is 56.6 Å². The molecule has 3 rings (SSSR count). The minimum absolute atomic E-state index is 0.121. The summed E-state index contributed by atoms with van der Waals surface area (Å²) in [7, 11) is -3.55. The van der Waals surface area contributed by atoms with Crippen LogP contribution in [0.25, 0.3) is 0 Å². The van der Waals surface area contributed by atoms with Gasteiger partial charge in [-0.05, 0) is 69.9 Å². The van der Waals surface area contributed by atoms with E-state index in [0.29, 0.717) is 31.0 Å². The van der Waals surface area contributed by atoms with Crippen LogP contribution in [0, 0.1) is 6.92 Å². The highest BCUT2D eigenvalue weighted by Gasteiger charge is 2.28. The van der Waals surface area contributed by atoms with Crippen LogP contribution in [0.15, 0.2) is 48.5 Å². The fourth-order valence-corrected chi connectivity index (χ4v) is 5.83. The molecule has 0 aromatic heterocycles. The maximum absolute atomic E-state index is 13.5. The van der Waals surface area contributed by atoms with Gasteiger partial charge in [-0.25, -0.2) is 8.42 Å². The molecule has 0 saturated heterocycles. The van der Waals surface area contributed by atoms with Gasteiger partial charge in [-0.1, -0.05) is 42.7 Å². The summed E-state index contributed by atoms with van der Waals surface area (Å²) >= 11 is 0. The quantitative estimate of drug-likeness (QED) is 0.404. The van der Waals surface area contributed by atoms with Gasteiger partial charge in [0, 0.05) is 25.6 Å². The lowest BCUT2D eigenvalue weighted by Crippen LogP contribution is -2.49. The van der Waals surface area contributed by atoms with Crippen molar-refractivity contribution in [3.8, 4) is 5.75 Å². The lowest BCUT2D eigenvalue weighted by Gasteiger charge is -2.30. The SMILES string of the molecule is CCOc1ccc(N(CCCC(=O)N(Cc2cccc(C)c2)[C@@H](C)C(=O)NC2CCCC2)S(C)(=O)=O)cc1. The molecule has 0 heterocycles. The van der Waals surface area contributed by atoms with Crippen molar-refractivity contribution in [1.29, 1.82) is 0 Å². The lowest BCUT2D eigenvalue weighted by molar-refractivity contribution is -0.141. The molecule has 0 bridgehead atoms. The second-order valence-electron chi connectivity index (χ2n) is 10.0. The third-order valence-electron chi connectivity index (χ3n) is 6.89. The van der Waals surface area contributed by atoms with Crippen molar-refractivity contribution in [1.82, 2.24) is 10.2 Å². The molecule has 208 valence electrons. The second-order valence-corrected chi connectivity index (χ2v) is 11.9. The van der Waals surface area contributed by atoms with Gasteiger partial charge in [0.05, 0.1) is 18.6 Å². The molecule has 8 nitrogen and oxygen atoms in total. The third-order valence-corrected chi connectivity index (χ3v) is 8.09. The number of aryl methyl sites for hydroxylation is 1. The van der Waals surface area contributed by atoms with E-state index in [2.05, 4.69) is 5.32 Å². The topological polar surface area (TPSA) is 96.0 Å². The summed E-state index contributed by atoms with van der Waals surface area (Å²) in [5, 5.41) is 3.11. The number of carbonyl (C=O) groups excluding carboxylic acids is 2. The molecular weight excluding hydrogens is 502 g/mol. The van der Waals surface area contributed by atoms with Crippen LogP contribution in [0.1, 0.15) is 63.5 Å². The molecular formula is C29H41N3O5S. The van der Waals surface area contributed by atoms with Crippen LogP contribution in [0.4, 0.5) is 5.69 Å². The predicted octanol–water partition coefficient (Wildman–Crippen LogP) is 4.42. The lowest BCUT2D eigenvalue weighted by atomic mass is 10.1. The fraction of sp³-hybridized carbons (Fsp3) is 0.517. The number of amides is 2. The van der Waals surface area contributed by atoms with Crippen LogP contribution in [-0.2, 0) is 26.2 Å². The summed E-state index contributed by atoms with van der Waals surface area (Å²) in [6.45, 7) is 6.63. The second kappa shape index (κ2) is 13.6. The first kappa shape index (κ1) is 29.5. The number of nitrogens with zero attached hydrogens (tertiary/aromatic N) is 2. The normalized spacial score (nSPS) is 14.6. The van der Waals surface area contributed by atoms with E-state index in [1.54, 1.807) is 36.1 Å². The van der Waals surface area contributed by atoms with Gasteiger partial charge in [0.15, 0.2) is 0 Å². The maximum atomic E-state index is 13.5. The molecule has 0 radical (unpaired) electrons. The van der Waals surface area contributed by atoms with E-state index < -0.39 is 16.1 Å². The zero-order valence-electron chi connectivity index (χ0n) is 23.0. The standard InChI is InChI=1S/C29H41N3O5S/c1-5-37-27-17-15-26(16-18-27)32(38(4,35)36)19-9-14-28(33)31(21-24-11-8-10-22(2)20-24)23(3)29(34)30-25-12-6-7-13-25/h8,10-11,15-18,20,23,25H,5-7,9,12-14,19,21H2,1-4H3,(H,30,34)/t23-/m0/s1. The molecule has 2 aromatic carbocycles. The number of carbonyl (C=O) groups is 2. The van der Waals surface area contributed by atoms with Gasteiger partial charge < -0.3 is 15.0 Å². The minimum atomic E-state index is -3.55. The number of benzene rings is 2. The summed E-state index contributed by atoms with van der Waals surface area (Å²) in [5.41, 5.74) is 2.55. The van der Waals surface area contributed by atoms with Gasteiger partial charge in [0.25, 0.3) is 0 Å². The summed E-state index contributed by atoms with van der Waals surface area (Å²) in [5.74, 6) is 0.335. The molecule has 1 fully saturated rings. The highest BCUT2D eigenvalue weighted by atomic mass is 32.2. The van der Waals surface area contributed by atoms with Crippen molar-refractivity contribution in [3.63, 3.8) is 0 Å². The molecule has 0 aliphatic heterocycles. The molecule has 2 aromatic rings. The van der Waals surface area contributed by atoms with E-state index in [0.717, 1.165) is 43.1 Å². The summed E-state index contributed by atoms with van der Waals surface area (Å²) in [6, 6.07) is 14.3. The molecule has 38 heavy (non-hydrogen) atoms. The highest BCUT2D eigenvalue weighted by Crippen LogP contribution is 2.23. The van der Waals surface area contributed by atoms with Crippen LogP contribution in [0.5, 0.6) is 5.75 Å². The number of hydrogen-bond acceptors (Lipinski definition) is 5. The summed E-state index contributed by atoms with van der Waals surface area (Å²) in [6.07, 6.45) is 5.75. The molecule has 9 heteroatoms. The van der Waals surface area contributed by atoms with E-state index in [1.165, 1.54) is 4.31 Å². The Morgan fingerprint density at radius 2 is 1.79 bits per heavy atom. The first-order valence-corrected chi connectivity index (χ1v) is 15.3. The summed E-state index contributed by atoms with van der Waals surface area (Å²) in [4.78, 5) is 28.1. The predicted molar refractivity (Wildman–Crippen MR) is 151 cm³/mol. The van der Waals surface area contributed by atoms with Crippen molar-refractivity contribution in [3.05, 3.63) is 59.7 Å². The smallest absolute Gasteiger partial charge is 0.242 e. The van der Waals surface area contributed by atoms with Gasteiger partial charge in [0.1, 0.15) is 11.8 Å². The Morgan fingerprint density at radius 3 is 2.39 bits per heavy atom. The number of rotatable bonds is 13. The van der Waals surface area contributed by atoms with Gasteiger partial charge >= 0.3 is 0 Å². The van der Waals surface area contributed by atoms with Crippen molar-refractivity contribution in [2.24, 2.45) is 0 Å². The molecule has 0 unspecified atom stereocenters. The Hall–Kier alpha value is -3.07. The van der Waals surface area contributed by atoms with Gasteiger partial charge in [0.2, 0.25) is 21.8 Å². The Kier molecular flexibility index (Phi) is 10.6. The Balaban J connectivity index is 1.70. The van der Waals surface area contributed by atoms with Crippen molar-refractivity contribution < 1.29 is 22.7 Å². The average molecular weight is 544 g/mol. The Bertz CT molecular complexity index is 1180. The van der Waals surface area contributed by atoms with E-state index in [-0.39, 0.29) is 30.8 Å². The maximum Gasteiger partial charge on any atom is 0.242 e. The van der Waals surface area contributed by atoms with Crippen LogP contribution in [0.2, 0.25) is 0 Å². The fourth-order valence-electron chi connectivity index (χ4n) is 4.86. The Labute approximate surface area is 227 Å². The molecule has 0 spiro atoms. The van der Waals surface area contributed by atoms with E-state index in [9.17, 15) is 18.0 Å². The van der Waals surface area contributed by atoms with E-state index in [4.69, 9.17) is 4.74 Å². The van der Waals surface area contributed by atoms with Gasteiger partial charge in [-0.2, -0.15) is 0 Å². The molecule has 1 saturated carbocycles. The van der Waals surface area contributed by atoms with Crippen LogP contribution < -0.4 is 14.4 Å². The number of sulfonamides is 1. The van der Waals surface area contributed by atoms with Gasteiger partial charge in [-0.15, -0.1) is 0 Å². The average Bonchev–Trinajstić information content (AvgIpc) is 3.38. The van der Waals surface area contributed by atoms with E-state index >= 15 is 0 Å². The zero-order valence-corrected chi connectivity index (χ0v) is 23.8. The molecule has 1 N–H and O–H groups in total. The number of ether oxygens (including phenoxy) is 1. The third kappa shape index (κ3) is 8.48. The number of anilines is 1.